The van der Waals surface area contributed by atoms with Gasteiger partial charge in [-0.25, -0.2) is 0 Å². The van der Waals surface area contributed by atoms with Crippen molar-refractivity contribution in [3.63, 3.8) is 0 Å². The van der Waals surface area contributed by atoms with Gasteiger partial charge in [-0.2, -0.15) is 0 Å². The summed E-state index contributed by atoms with van der Waals surface area (Å²) in [6.45, 7) is 8.26. The Labute approximate surface area is 115 Å². The van der Waals surface area contributed by atoms with Crippen LogP contribution in [0, 0.1) is 11.8 Å². The first-order valence-electron chi connectivity index (χ1n) is 6.66. The fourth-order valence-corrected chi connectivity index (χ4v) is 1.97. The highest BCUT2D eigenvalue weighted by Gasteiger charge is 2.25. The van der Waals surface area contributed by atoms with Crippen molar-refractivity contribution < 1.29 is 14.9 Å². The van der Waals surface area contributed by atoms with Gasteiger partial charge in [0.2, 0.25) is 0 Å². The van der Waals surface area contributed by atoms with Crippen LogP contribution in [0.2, 0.25) is 0 Å². The molecule has 3 unspecified atom stereocenters. The zero-order valence-corrected chi connectivity index (χ0v) is 11.7. The Morgan fingerprint density at radius 2 is 1.84 bits per heavy atom. The van der Waals surface area contributed by atoms with Crippen LogP contribution in [0.25, 0.3) is 0 Å². The number of ether oxygens (including phenoxy) is 1. The lowest BCUT2D eigenvalue weighted by atomic mass is 9.90. The molecule has 0 amide bonds. The lowest BCUT2D eigenvalue weighted by Crippen LogP contribution is -2.35. The van der Waals surface area contributed by atoms with Crippen molar-refractivity contribution in [2.75, 3.05) is 6.61 Å². The minimum absolute atomic E-state index is 0.0340. The molecule has 0 aliphatic rings. The molecule has 0 spiro atoms. The third kappa shape index (κ3) is 5.15. The first-order chi connectivity index (χ1) is 9.06. The normalized spacial score (nSPS) is 17.5. The molecule has 0 aromatic heterocycles. The molecule has 106 valence electrons. The van der Waals surface area contributed by atoms with Gasteiger partial charge in [-0.3, -0.25) is 0 Å². The molecule has 0 fully saturated rings. The Morgan fingerprint density at radius 3 is 2.42 bits per heavy atom. The maximum Gasteiger partial charge on any atom is 0.0768 e. The summed E-state index contributed by atoms with van der Waals surface area (Å²) in [6, 6.07) is 9.92. The third-order valence-corrected chi connectivity index (χ3v) is 3.39. The van der Waals surface area contributed by atoms with Crippen molar-refractivity contribution in [3.05, 3.63) is 48.6 Å². The number of hydrogen-bond donors (Lipinski definition) is 2. The van der Waals surface area contributed by atoms with Gasteiger partial charge >= 0.3 is 0 Å². The summed E-state index contributed by atoms with van der Waals surface area (Å²) in [5, 5.41) is 19.7. The monoisotopic (exact) mass is 264 g/mol. The maximum atomic E-state index is 10.1. The molecule has 3 nitrogen and oxygen atoms in total. The zero-order chi connectivity index (χ0) is 14.3. The molecule has 0 radical (unpaired) electrons. The third-order valence-electron chi connectivity index (χ3n) is 3.39. The molecule has 4 atom stereocenters. The minimum Gasteiger partial charge on any atom is -0.392 e. The smallest absolute Gasteiger partial charge is 0.0768 e. The summed E-state index contributed by atoms with van der Waals surface area (Å²) >= 11 is 0. The van der Waals surface area contributed by atoms with Crippen LogP contribution in [-0.2, 0) is 11.3 Å². The van der Waals surface area contributed by atoms with Gasteiger partial charge in [0.15, 0.2) is 0 Å². The zero-order valence-electron chi connectivity index (χ0n) is 11.7. The van der Waals surface area contributed by atoms with Gasteiger partial charge in [-0.1, -0.05) is 50.3 Å². The predicted molar refractivity (Wildman–Crippen MR) is 76.6 cm³/mol. The van der Waals surface area contributed by atoms with Crippen molar-refractivity contribution in [2.45, 2.75) is 32.7 Å². The summed E-state index contributed by atoms with van der Waals surface area (Å²) in [4.78, 5) is 0. The highest BCUT2D eigenvalue weighted by molar-refractivity contribution is 5.13. The van der Waals surface area contributed by atoms with Crippen LogP contribution in [0.3, 0.4) is 0 Å². The van der Waals surface area contributed by atoms with E-state index in [9.17, 15) is 10.2 Å². The minimum atomic E-state index is -0.688. The second-order valence-electron chi connectivity index (χ2n) is 5.05. The van der Waals surface area contributed by atoms with Crippen LogP contribution in [0.4, 0.5) is 0 Å². The van der Waals surface area contributed by atoms with Crippen LogP contribution in [0.15, 0.2) is 43.0 Å². The lowest BCUT2D eigenvalue weighted by Gasteiger charge is -2.27. The average molecular weight is 264 g/mol. The fraction of sp³-hybridized carbons (Fsp3) is 0.500. The molecule has 0 bridgehead atoms. The number of aliphatic hydroxyl groups excluding tert-OH is 2. The predicted octanol–water partition coefficient (Wildman–Crippen LogP) is 2.38. The maximum absolute atomic E-state index is 10.1. The second kappa shape index (κ2) is 8.10. The van der Waals surface area contributed by atoms with Crippen LogP contribution in [-0.4, -0.2) is 29.0 Å². The largest absolute Gasteiger partial charge is 0.392 e. The van der Waals surface area contributed by atoms with Gasteiger partial charge in [0.25, 0.3) is 0 Å². The standard InChI is InChI=1S/C16H24O3/c1-4-15(17)13(3)16(18)12(2)10-19-11-14-8-6-5-7-9-14/h4-9,12-13,15-18H,1,10-11H2,2-3H3/t12?,13?,15-,16?/m0/s1. The quantitative estimate of drug-likeness (QED) is 0.709. The van der Waals surface area contributed by atoms with Gasteiger partial charge in [-0.05, 0) is 5.56 Å². The van der Waals surface area contributed by atoms with E-state index in [1.807, 2.05) is 44.2 Å². The molecule has 0 heterocycles. The van der Waals surface area contributed by atoms with Crippen molar-refractivity contribution in [3.8, 4) is 0 Å². The van der Waals surface area contributed by atoms with E-state index in [1.165, 1.54) is 6.08 Å². The molecule has 3 heteroatoms. The molecule has 0 aliphatic carbocycles. The van der Waals surface area contributed by atoms with Gasteiger partial charge in [0, 0.05) is 11.8 Å². The fourth-order valence-electron chi connectivity index (χ4n) is 1.97. The highest BCUT2D eigenvalue weighted by Crippen LogP contribution is 2.18. The number of rotatable bonds is 8. The first-order valence-corrected chi connectivity index (χ1v) is 6.66. The van der Waals surface area contributed by atoms with Crippen molar-refractivity contribution in [1.82, 2.24) is 0 Å². The molecule has 0 aliphatic heterocycles. The summed E-state index contributed by atoms with van der Waals surface area (Å²) in [5.41, 5.74) is 1.11. The Bertz CT molecular complexity index is 364. The SMILES string of the molecule is C=C[C@H](O)C(C)C(O)C(C)COCc1ccccc1. The number of aliphatic hydroxyl groups is 2. The number of benzene rings is 1. The van der Waals surface area contributed by atoms with E-state index in [2.05, 4.69) is 6.58 Å². The van der Waals surface area contributed by atoms with E-state index in [0.717, 1.165) is 5.56 Å². The Balaban J connectivity index is 2.34. The molecular formula is C16H24O3. The summed E-state index contributed by atoms with van der Waals surface area (Å²) in [7, 11) is 0. The Morgan fingerprint density at radius 1 is 1.21 bits per heavy atom. The lowest BCUT2D eigenvalue weighted by molar-refractivity contribution is -0.0229. The average Bonchev–Trinajstić information content (AvgIpc) is 2.45. The van der Waals surface area contributed by atoms with Gasteiger partial charge in [0.1, 0.15) is 0 Å². The topological polar surface area (TPSA) is 49.7 Å². The molecule has 0 saturated heterocycles. The van der Waals surface area contributed by atoms with Crippen molar-refractivity contribution in [1.29, 1.82) is 0 Å². The van der Waals surface area contributed by atoms with Crippen LogP contribution < -0.4 is 0 Å². The van der Waals surface area contributed by atoms with Gasteiger partial charge in [0.05, 0.1) is 25.4 Å². The summed E-state index contributed by atoms with van der Waals surface area (Å²) < 4.78 is 5.60. The van der Waals surface area contributed by atoms with Crippen molar-refractivity contribution >= 4 is 0 Å². The van der Waals surface area contributed by atoms with Crippen LogP contribution >= 0.6 is 0 Å². The molecular weight excluding hydrogens is 240 g/mol. The van der Waals surface area contributed by atoms with Crippen LogP contribution in [0.5, 0.6) is 0 Å². The summed E-state index contributed by atoms with van der Waals surface area (Å²) in [5.74, 6) is -0.277. The van der Waals surface area contributed by atoms with E-state index in [4.69, 9.17) is 4.74 Å². The molecule has 1 aromatic carbocycles. The van der Waals surface area contributed by atoms with E-state index in [-0.39, 0.29) is 11.8 Å². The Hall–Kier alpha value is -1.16. The highest BCUT2D eigenvalue weighted by atomic mass is 16.5. The molecule has 19 heavy (non-hydrogen) atoms. The Kier molecular flexibility index (Phi) is 6.78. The van der Waals surface area contributed by atoms with Crippen LogP contribution in [0.1, 0.15) is 19.4 Å². The second-order valence-corrected chi connectivity index (χ2v) is 5.05. The van der Waals surface area contributed by atoms with Crippen molar-refractivity contribution in [2.24, 2.45) is 11.8 Å². The molecule has 0 saturated carbocycles. The summed E-state index contributed by atoms with van der Waals surface area (Å²) in [6.07, 6.45) is 0.154. The van der Waals surface area contributed by atoms with E-state index in [0.29, 0.717) is 13.2 Å². The van der Waals surface area contributed by atoms with E-state index in [1.54, 1.807) is 0 Å². The van der Waals surface area contributed by atoms with Gasteiger partial charge < -0.3 is 14.9 Å². The molecule has 1 rings (SSSR count). The molecule has 1 aromatic rings. The molecule has 2 N–H and O–H groups in total. The first kappa shape index (κ1) is 15.9. The van der Waals surface area contributed by atoms with E-state index >= 15 is 0 Å². The van der Waals surface area contributed by atoms with Gasteiger partial charge in [-0.15, -0.1) is 6.58 Å². The van der Waals surface area contributed by atoms with E-state index < -0.39 is 12.2 Å². The number of hydrogen-bond acceptors (Lipinski definition) is 3.